The van der Waals surface area contributed by atoms with Gasteiger partial charge in [0, 0.05) is 22.6 Å². The Morgan fingerprint density at radius 1 is 1.09 bits per heavy atom. The summed E-state index contributed by atoms with van der Waals surface area (Å²) in [4.78, 5) is 16.4. The minimum absolute atomic E-state index is 0.0665. The Morgan fingerprint density at radius 3 is 2.31 bits per heavy atom. The summed E-state index contributed by atoms with van der Waals surface area (Å²) in [6.45, 7) is 5.54. The normalized spacial score (nSPS) is 18.9. The number of ether oxygens (including phenoxy) is 1. The van der Waals surface area contributed by atoms with Crippen LogP contribution in [0.5, 0.6) is 5.75 Å². The molecule has 2 aromatic carbocycles. The maximum Gasteiger partial charge on any atom is 0.416 e. The molecule has 0 saturated heterocycles. The molecular weight excluding hydrogens is 421 g/mol. The number of alkyl halides is 3. The molecular formula is C24H25F3N2O3. The Kier molecular flexibility index (Phi) is 5.35. The Bertz CT molecular complexity index is 1120. The highest BCUT2D eigenvalue weighted by Crippen LogP contribution is 2.42. The molecule has 1 heterocycles. The molecule has 170 valence electrons. The van der Waals surface area contributed by atoms with Crippen LogP contribution in [0.2, 0.25) is 0 Å². The number of carboxylic acid groups (broad SMARTS) is 1. The maximum absolute atomic E-state index is 12.7. The number of rotatable bonds is 4. The molecule has 3 aromatic rings. The second-order valence-corrected chi connectivity index (χ2v) is 9.20. The predicted octanol–water partition coefficient (Wildman–Crippen LogP) is 6.79. The van der Waals surface area contributed by atoms with Crippen molar-refractivity contribution in [1.29, 1.82) is 0 Å². The molecule has 0 radical (unpaired) electrons. The molecule has 0 spiro atoms. The second kappa shape index (κ2) is 7.76. The highest BCUT2D eigenvalue weighted by Gasteiger charge is 2.34. The van der Waals surface area contributed by atoms with Crippen LogP contribution in [0.25, 0.3) is 10.9 Å². The first-order valence-corrected chi connectivity index (χ1v) is 10.4. The number of aromatic amines is 1. The summed E-state index contributed by atoms with van der Waals surface area (Å²) in [6, 6.07) is 10.7. The van der Waals surface area contributed by atoms with Gasteiger partial charge in [-0.3, -0.25) is 4.90 Å². The number of hydrogen-bond acceptors (Lipinski definition) is 2. The number of nitrogens with zero attached hydrogens (tertiary/aromatic N) is 1. The van der Waals surface area contributed by atoms with Crippen molar-refractivity contribution < 1.29 is 27.8 Å². The molecule has 5 nitrogen and oxygen atoms in total. The van der Waals surface area contributed by atoms with Crippen molar-refractivity contribution in [1.82, 2.24) is 4.98 Å². The number of fused-ring (bicyclic) bond motifs is 1. The Balaban J connectivity index is 1.47. The highest BCUT2D eigenvalue weighted by molar-refractivity contribution is 6.01. The molecule has 1 aromatic heterocycles. The lowest BCUT2D eigenvalue weighted by Crippen LogP contribution is -2.45. The number of aromatic nitrogens is 1. The predicted molar refractivity (Wildman–Crippen MR) is 116 cm³/mol. The molecule has 0 bridgehead atoms. The molecule has 1 amide bonds. The van der Waals surface area contributed by atoms with Gasteiger partial charge in [-0.2, -0.15) is 13.2 Å². The summed E-state index contributed by atoms with van der Waals surface area (Å²) in [6.07, 6.45) is -2.24. The van der Waals surface area contributed by atoms with Crippen LogP contribution in [-0.4, -0.2) is 27.8 Å². The largest absolute Gasteiger partial charge is 0.490 e. The standard InChI is InChI=1S/C24H25F3N2O3/c1-23(2,3)29(22(30)31)21-13-28-20-9-4-14(12-19(20)21)15-10-18(11-15)32-17-7-5-16(6-8-17)24(25,26)27/h4-9,12-13,15,18,28H,10-11H2,1-3H3,(H,30,31). The van der Waals surface area contributed by atoms with Crippen LogP contribution in [0.1, 0.15) is 50.7 Å². The number of halogens is 3. The number of H-pyrrole nitrogens is 1. The summed E-state index contributed by atoms with van der Waals surface area (Å²) >= 11 is 0. The number of amides is 1. The van der Waals surface area contributed by atoms with Gasteiger partial charge in [-0.05, 0) is 81.5 Å². The van der Waals surface area contributed by atoms with Crippen LogP contribution >= 0.6 is 0 Å². The molecule has 4 rings (SSSR count). The van der Waals surface area contributed by atoms with Gasteiger partial charge in [0.25, 0.3) is 0 Å². The zero-order chi connectivity index (χ0) is 23.3. The van der Waals surface area contributed by atoms with Crippen LogP contribution in [0.4, 0.5) is 23.7 Å². The summed E-state index contributed by atoms with van der Waals surface area (Å²) in [5, 5.41) is 10.6. The number of benzene rings is 2. The van der Waals surface area contributed by atoms with Gasteiger partial charge in [-0.15, -0.1) is 0 Å². The third-order valence-corrected chi connectivity index (χ3v) is 5.84. The Labute approximate surface area is 183 Å². The van der Waals surface area contributed by atoms with E-state index in [2.05, 4.69) is 4.98 Å². The SMILES string of the molecule is CC(C)(C)N(C(=O)O)c1c[nH]c2ccc(C3CC(Oc4ccc(C(F)(F)F)cc4)C3)cc12. The van der Waals surface area contributed by atoms with E-state index >= 15 is 0 Å². The van der Waals surface area contributed by atoms with Crippen LogP contribution in [0.3, 0.4) is 0 Å². The number of anilines is 1. The van der Waals surface area contributed by atoms with E-state index in [9.17, 15) is 23.1 Å². The molecule has 1 fully saturated rings. The lowest BCUT2D eigenvalue weighted by Gasteiger charge is -2.36. The van der Waals surface area contributed by atoms with E-state index in [-0.39, 0.29) is 12.0 Å². The molecule has 1 saturated carbocycles. The van der Waals surface area contributed by atoms with Crippen LogP contribution < -0.4 is 9.64 Å². The van der Waals surface area contributed by atoms with Gasteiger partial charge in [0.15, 0.2) is 0 Å². The van der Waals surface area contributed by atoms with E-state index in [1.54, 1.807) is 6.20 Å². The van der Waals surface area contributed by atoms with Crippen molar-refractivity contribution in [2.45, 2.75) is 57.3 Å². The van der Waals surface area contributed by atoms with E-state index in [1.165, 1.54) is 17.0 Å². The van der Waals surface area contributed by atoms with Crippen molar-refractivity contribution in [3.8, 4) is 5.75 Å². The third-order valence-electron chi connectivity index (χ3n) is 5.84. The first-order chi connectivity index (χ1) is 14.9. The lowest BCUT2D eigenvalue weighted by molar-refractivity contribution is -0.137. The number of nitrogens with one attached hydrogen (secondary N) is 1. The fourth-order valence-electron chi connectivity index (χ4n) is 4.16. The molecule has 1 aliphatic rings. The summed E-state index contributed by atoms with van der Waals surface area (Å²) in [5.74, 6) is 0.668. The van der Waals surface area contributed by atoms with Gasteiger partial charge in [-0.1, -0.05) is 6.07 Å². The summed E-state index contributed by atoms with van der Waals surface area (Å²) < 4.78 is 43.9. The number of hydrogen-bond donors (Lipinski definition) is 2. The number of carbonyl (C=O) groups is 1. The molecule has 0 unspecified atom stereocenters. The van der Waals surface area contributed by atoms with Crippen molar-refractivity contribution in [3.05, 3.63) is 59.8 Å². The first-order valence-electron chi connectivity index (χ1n) is 10.4. The topological polar surface area (TPSA) is 65.6 Å². The third kappa shape index (κ3) is 4.26. The smallest absolute Gasteiger partial charge is 0.416 e. The maximum atomic E-state index is 12.7. The summed E-state index contributed by atoms with van der Waals surface area (Å²) in [7, 11) is 0. The van der Waals surface area contributed by atoms with Gasteiger partial charge < -0.3 is 14.8 Å². The molecule has 8 heteroatoms. The van der Waals surface area contributed by atoms with Gasteiger partial charge in [0.2, 0.25) is 0 Å². The molecule has 0 aliphatic heterocycles. The first kappa shape index (κ1) is 22.0. The molecule has 32 heavy (non-hydrogen) atoms. The zero-order valence-corrected chi connectivity index (χ0v) is 18.0. The van der Waals surface area contributed by atoms with Crippen molar-refractivity contribution in [2.75, 3.05) is 4.90 Å². The zero-order valence-electron chi connectivity index (χ0n) is 18.0. The van der Waals surface area contributed by atoms with Crippen LogP contribution in [-0.2, 0) is 6.18 Å². The van der Waals surface area contributed by atoms with Gasteiger partial charge in [0.05, 0.1) is 17.4 Å². The Hall–Kier alpha value is -3.16. The van der Waals surface area contributed by atoms with E-state index < -0.39 is 23.4 Å². The van der Waals surface area contributed by atoms with Gasteiger partial charge in [-0.25, -0.2) is 4.79 Å². The summed E-state index contributed by atoms with van der Waals surface area (Å²) in [5.41, 5.74) is 1.26. The quantitative estimate of drug-likeness (QED) is 0.463. The monoisotopic (exact) mass is 446 g/mol. The minimum atomic E-state index is -4.36. The van der Waals surface area contributed by atoms with Gasteiger partial charge in [0.1, 0.15) is 5.75 Å². The highest BCUT2D eigenvalue weighted by atomic mass is 19.4. The lowest BCUT2D eigenvalue weighted by atomic mass is 9.77. The minimum Gasteiger partial charge on any atom is -0.490 e. The van der Waals surface area contributed by atoms with E-state index in [0.29, 0.717) is 11.4 Å². The van der Waals surface area contributed by atoms with Crippen LogP contribution in [0, 0.1) is 0 Å². The van der Waals surface area contributed by atoms with E-state index in [1.807, 2.05) is 39.0 Å². The molecule has 0 atom stereocenters. The Morgan fingerprint density at radius 2 is 1.75 bits per heavy atom. The van der Waals surface area contributed by atoms with Crippen molar-refractivity contribution in [3.63, 3.8) is 0 Å². The van der Waals surface area contributed by atoms with Crippen LogP contribution in [0.15, 0.2) is 48.7 Å². The van der Waals surface area contributed by atoms with Crippen molar-refractivity contribution in [2.24, 2.45) is 0 Å². The second-order valence-electron chi connectivity index (χ2n) is 9.20. The van der Waals surface area contributed by atoms with E-state index in [4.69, 9.17) is 4.74 Å². The van der Waals surface area contributed by atoms with E-state index in [0.717, 1.165) is 41.4 Å². The fourth-order valence-corrected chi connectivity index (χ4v) is 4.16. The molecule has 2 N–H and O–H groups in total. The average molecular weight is 446 g/mol. The van der Waals surface area contributed by atoms with Gasteiger partial charge >= 0.3 is 12.3 Å². The average Bonchev–Trinajstić information content (AvgIpc) is 3.05. The van der Waals surface area contributed by atoms with Crippen molar-refractivity contribution >= 4 is 22.7 Å². The molecule has 1 aliphatic carbocycles. The fraction of sp³-hybridized carbons (Fsp3) is 0.375.